The van der Waals surface area contributed by atoms with Gasteiger partial charge in [-0.3, -0.25) is 0 Å². The highest BCUT2D eigenvalue weighted by Crippen LogP contribution is 2.70. The van der Waals surface area contributed by atoms with Gasteiger partial charge in [-0.1, -0.05) is 6.08 Å². The molecule has 0 amide bonds. The lowest BCUT2D eigenvalue weighted by molar-refractivity contribution is 0.394. The molecule has 5 unspecified atom stereocenters. The maximum Gasteiger partial charge on any atom is 0.00729 e. The molecule has 1 nitrogen and oxygen atoms in total. The molecule has 1 heteroatoms. The Hall–Kier alpha value is -0.300. The van der Waals surface area contributed by atoms with Crippen LogP contribution in [0.4, 0.5) is 0 Å². The normalized spacial score (nSPS) is 47.7. The fraction of sp³-hybridized carbons (Fsp3) is 0.857. The first-order chi connectivity index (χ1) is 7.33. The Morgan fingerprint density at radius 3 is 2.53 bits per heavy atom. The van der Waals surface area contributed by atoms with E-state index in [9.17, 15) is 0 Å². The lowest BCUT2D eigenvalue weighted by Crippen LogP contribution is -2.26. The van der Waals surface area contributed by atoms with Crippen molar-refractivity contribution in [2.75, 3.05) is 0 Å². The molecule has 0 spiro atoms. The predicted molar refractivity (Wildman–Crippen MR) is 63.3 cm³/mol. The molecule has 0 radical (unpaired) electrons. The fourth-order valence-electron chi connectivity index (χ4n) is 4.66. The van der Waals surface area contributed by atoms with E-state index in [1.54, 1.807) is 6.42 Å². The van der Waals surface area contributed by atoms with Gasteiger partial charge < -0.3 is 5.73 Å². The number of unbranched alkanes of at least 4 members (excludes halogenated alkanes) is 1. The van der Waals surface area contributed by atoms with Gasteiger partial charge in [-0.05, 0) is 68.1 Å². The second kappa shape index (κ2) is 3.62. The van der Waals surface area contributed by atoms with Crippen LogP contribution in [0.25, 0.3) is 0 Å². The monoisotopic (exact) mass is 205 g/mol. The van der Waals surface area contributed by atoms with Crippen LogP contribution in [0.15, 0.2) is 12.7 Å². The van der Waals surface area contributed by atoms with Gasteiger partial charge in [-0.25, -0.2) is 0 Å². The van der Waals surface area contributed by atoms with Crippen molar-refractivity contribution in [3.05, 3.63) is 12.7 Å². The van der Waals surface area contributed by atoms with E-state index < -0.39 is 0 Å². The lowest BCUT2D eigenvalue weighted by Gasteiger charge is -2.15. The van der Waals surface area contributed by atoms with Crippen LogP contribution in [0.3, 0.4) is 0 Å². The zero-order chi connectivity index (χ0) is 10.4. The molecule has 0 aromatic heterocycles. The summed E-state index contributed by atoms with van der Waals surface area (Å²) < 4.78 is 0. The molecule has 3 aliphatic carbocycles. The van der Waals surface area contributed by atoms with E-state index in [0.29, 0.717) is 6.04 Å². The van der Waals surface area contributed by atoms with E-state index in [4.69, 9.17) is 5.73 Å². The van der Waals surface area contributed by atoms with Crippen LogP contribution in [0.2, 0.25) is 0 Å². The number of fused-ring (bicyclic) bond motifs is 5. The van der Waals surface area contributed by atoms with E-state index in [1.807, 2.05) is 6.08 Å². The molecule has 0 aliphatic heterocycles. The van der Waals surface area contributed by atoms with E-state index in [0.717, 1.165) is 36.0 Å². The second-order valence-electron chi connectivity index (χ2n) is 5.95. The van der Waals surface area contributed by atoms with Crippen LogP contribution in [0.1, 0.15) is 38.5 Å². The van der Waals surface area contributed by atoms with Crippen LogP contribution in [-0.4, -0.2) is 6.04 Å². The first-order valence-electron chi connectivity index (χ1n) is 6.69. The highest BCUT2D eigenvalue weighted by Gasteiger charge is 2.65. The summed E-state index contributed by atoms with van der Waals surface area (Å²) in [5.41, 5.74) is 6.33. The smallest absolute Gasteiger partial charge is 0.00729 e. The van der Waals surface area contributed by atoms with Crippen molar-refractivity contribution in [3.8, 4) is 0 Å². The van der Waals surface area contributed by atoms with E-state index in [1.165, 1.54) is 25.7 Å². The molecule has 0 aromatic rings. The zero-order valence-corrected chi connectivity index (χ0v) is 9.57. The molecule has 0 saturated heterocycles. The first-order valence-corrected chi connectivity index (χ1v) is 6.69. The quantitative estimate of drug-likeness (QED) is 0.542. The molecule has 3 fully saturated rings. The molecule has 3 rings (SSSR count). The summed E-state index contributed by atoms with van der Waals surface area (Å²) in [5.74, 6) is 5.19. The minimum absolute atomic E-state index is 0.503. The van der Waals surface area contributed by atoms with Gasteiger partial charge in [0.15, 0.2) is 0 Å². The van der Waals surface area contributed by atoms with Gasteiger partial charge in [0.1, 0.15) is 0 Å². The third kappa shape index (κ3) is 1.47. The molecular formula is C14H23N. The van der Waals surface area contributed by atoms with Crippen LogP contribution in [0.5, 0.6) is 0 Å². The van der Waals surface area contributed by atoms with E-state index >= 15 is 0 Å². The molecule has 15 heavy (non-hydrogen) atoms. The highest BCUT2D eigenvalue weighted by molar-refractivity contribution is 5.15. The number of rotatable bonds is 5. The van der Waals surface area contributed by atoms with Gasteiger partial charge in [-0.15, -0.1) is 6.58 Å². The molecule has 0 heterocycles. The van der Waals surface area contributed by atoms with Gasteiger partial charge in [0.05, 0.1) is 0 Å². The summed E-state index contributed by atoms with van der Waals surface area (Å²) >= 11 is 0. The molecule has 3 aliphatic rings. The predicted octanol–water partition coefficient (Wildman–Crippen LogP) is 2.96. The largest absolute Gasteiger partial charge is 0.327 e. The second-order valence-corrected chi connectivity index (χ2v) is 5.95. The van der Waals surface area contributed by atoms with Crippen molar-refractivity contribution in [2.24, 2.45) is 35.3 Å². The Kier molecular flexibility index (Phi) is 2.39. The Morgan fingerprint density at radius 2 is 1.93 bits per heavy atom. The first kappa shape index (κ1) is 9.89. The standard InChI is InChI=1S/C14H23N/c1-2-3-4-5-11(15)14-12-9-6-7-10(8-9)13(12)14/h2,9-14H,1,3-8,15H2. The Morgan fingerprint density at radius 1 is 1.27 bits per heavy atom. The number of hydrogen-bond acceptors (Lipinski definition) is 1. The van der Waals surface area contributed by atoms with Gasteiger partial charge in [0.25, 0.3) is 0 Å². The average Bonchev–Trinajstić information content (AvgIpc) is 2.68. The molecule has 2 N–H and O–H groups in total. The molecule has 0 aromatic carbocycles. The zero-order valence-electron chi connectivity index (χ0n) is 9.57. The Bertz CT molecular complexity index is 244. The summed E-state index contributed by atoms with van der Waals surface area (Å²) in [6.45, 7) is 3.77. The third-order valence-electron chi connectivity index (χ3n) is 5.23. The van der Waals surface area contributed by atoms with Crippen LogP contribution >= 0.6 is 0 Å². The number of allylic oxidation sites excluding steroid dienone is 1. The summed E-state index contributed by atoms with van der Waals surface area (Å²) in [6, 6.07) is 0.503. The average molecular weight is 205 g/mol. The highest BCUT2D eigenvalue weighted by atomic mass is 14.8. The Balaban J connectivity index is 1.51. The van der Waals surface area contributed by atoms with E-state index in [-0.39, 0.29) is 0 Å². The fourth-order valence-corrected chi connectivity index (χ4v) is 4.66. The van der Waals surface area contributed by atoms with Crippen molar-refractivity contribution in [3.63, 3.8) is 0 Å². The number of nitrogens with two attached hydrogens (primary N) is 1. The summed E-state index contributed by atoms with van der Waals surface area (Å²) in [6.07, 6.45) is 10.2. The van der Waals surface area contributed by atoms with Crippen molar-refractivity contribution in [1.29, 1.82) is 0 Å². The molecule has 2 bridgehead atoms. The van der Waals surface area contributed by atoms with Crippen LogP contribution in [-0.2, 0) is 0 Å². The molecule has 84 valence electrons. The SMILES string of the molecule is C=CCCCC(N)C1C2C3CCC(C3)C12. The topological polar surface area (TPSA) is 26.0 Å². The summed E-state index contributed by atoms with van der Waals surface area (Å²) in [7, 11) is 0. The van der Waals surface area contributed by atoms with Crippen molar-refractivity contribution >= 4 is 0 Å². The Labute approximate surface area is 93.1 Å². The van der Waals surface area contributed by atoms with Gasteiger partial charge >= 0.3 is 0 Å². The lowest BCUT2D eigenvalue weighted by atomic mass is 9.95. The van der Waals surface area contributed by atoms with Gasteiger partial charge in [0.2, 0.25) is 0 Å². The van der Waals surface area contributed by atoms with Crippen LogP contribution in [0, 0.1) is 29.6 Å². The molecule has 5 atom stereocenters. The van der Waals surface area contributed by atoms with Gasteiger partial charge in [-0.2, -0.15) is 0 Å². The minimum atomic E-state index is 0.503. The number of hydrogen-bond donors (Lipinski definition) is 1. The minimum Gasteiger partial charge on any atom is -0.327 e. The summed E-state index contributed by atoms with van der Waals surface area (Å²) in [4.78, 5) is 0. The molecular weight excluding hydrogens is 182 g/mol. The van der Waals surface area contributed by atoms with Crippen molar-refractivity contribution < 1.29 is 0 Å². The van der Waals surface area contributed by atoms with E-state index in [2.05, 4.69) is 6.58 Å². The molecule has 3 saturated carbocycles. The van der Waals surface area contributed by atoms with Crippen LogP contribution < -0.4 is 5.73 Å². The van der Waals surface area contributed by atoms with Crippen molar-refractivity contribution in [1.82, 2.24) is 0 Å². The maximum absolute atomic E-state index is 6.33. The maximum atomic E-state index is 6.33. The van der Waals surface area contributed by atoms with Gasteiger partial charge in [0, 0.05) is 6.04 Å². The van der Waals surface area contributed by atoms with Crippen molar-refractivity contribution in [2.45, 2.75) is 44.6 Å². The summed E-state index contributed by atoms with van der Waals surface area (Å²) in [5, 5.41) is 0. The third-order valence-corrected chi connectivity index (χ3v) is 5.23.